The molecule has 2 fully saturated rings. The van der Waals surface area contributed by atoms with Crippen molar-refractivity contribution in [2.45, 2.75) is 26.1 Å². The molecule has 0 bridgehead atoms. The summed E-state index contributed by atoms with van der Waals surface area (Å²) in [6.45, 7) is 9.65. The predicted molar refractivity (Wildman–Crippen MR) is 96.7 cm³/mol. The molecule has 0 aromatic heterocycles. The Labute approximate surface area is 149 Å². The van der Waals surface area contributed by atoms with Crippen molar-refractivity contribution in [3.8, 4) is 0 Å². The van der Waals surface area contributed by atoms with Crippen LogP contribution in [0.4, 0.5) is 5.69 Å². The van der Waals surface area contributed by atoms with Crippen LogP contribution in [-0.2, 0) is 9.53 Å². The van der Waals surface area contributed by atoms with Gasteiger partial charge >= 0.3 is 0 Å². The van der Waals surface area contributed by atoms with E-state index in [1.807, 2.05) is 30.9 Å². The molecule has 0 spiro atoms. The molecule has 2 aliphatic rings. The Kier molecular flexibility index (Phi) is 5.64. The summed E-state index contributed by atoms with van der Waals surface area (Å²) >= 11 is 5.95. The minimum Gasteiger partial charge on any atom is -0.372 e. The normalized spacial score (nSPS) is 25.8. The molecule has 24 heavy (non-hydrogen) atoms. The number of morpholine rings is 1. The van der Waals surface area contributed by atoms with Gasteiger partial charge in [0.2, 0.25) is 5.91 Å². The maximum Gasteiger partial charge on any atom is 0.236 e. The number of rotatable bonds is 3. The molecule has 0 radical (unpaired) electrons. The van der Waals surface area contributed by atoms with Crippen LogP contribution in [0.3, 0.4) is 0 Å². The van der Waals surface area contributed by atoms with Crippen LogP contribution in [0.1, 0.15) is 13.8 Å². The van der Waals surface area contributed by atoms with Gasteiger partial charge in [-0.05, 0) is 38.1 Å². The molecule has 0 N–H and O–H groups in total. The summed E-state index contributed by atoms with van der Waals surface area (Å²) in [6, 6.07) is 7.96. The van der Waals surface area contributed by atoms with Crippen molar-refractivity contribution in [2.75, 3.05) is 50.7 Å². The maximum absolute atomic E-state index is 12.5. The van der Waals surface area contributed by atoms with Gasteiger partial charge in [-0.25, -0.2) is 0 Å². The Hall–Kier alpha value is -1.30. The smallest absolute Gasteiger partial charge is 0.236 e. The van der Waals surface area contributed by atoms with Gasteiger partial charge in [0.1, 0.15) is 0 Å². The molecule has 2 heterocycles. The van der Waals surface area contributed by atoms with Crippen molar-refractivity contribution in [1.82, 2.24) is 9.80 Å². The van der Waals surface area contributed by atoms with Gasteiger partial charge < -0.3 is 14.5 Å². The molecule has 5 nitrogen and oxygen atoms in total. The lowest BCUT2D eigenvalue weighted by atomic mass is 10.2. The fraction of sp³-hybridized carbons (Fsp3) is 0.611. The zero-order valence-corrected chi connectivity index (χ0v) is 15.2. The second-order valence-corrected chi connectivity index (χ2v) is 7.23. The van der Waals surface area contributed by atoms with Crippen LogP contribution in [0, 0.1) is 0 Å². The van der Waals surface area contributed by atoms with Crippen molar-refractivity contribution in [1.29, 1.82) is 0 Å². The number of nitrogens with zero attached hydrogens (tertiary/aromatic N) is 3. The van der Waals surface area contributed by atoms with Crippen molar-refractivity contribution in [3.05, 3.63) is 29.3 Å². The molecule has 1 aromatic rings. The quantitative estimate of drug-likeness (QED) is 0.835. The second kappa shape index (κ2) is 7.72. The summed E-state index contributed by atoms with van der Waals surface area (Å²) < 4.78 is 5.70. The van der Waals surface area contributed by atoms with Crippen LogP contribution in [-0.4, -0.2) is 73.7 Å². The highest BCUT2D eigenvalue weighted by Gasteiger charge is 2.27. The largest absolute Gasteiger partial charge is 0.372 e. The summed E-state index contributed by atoms with van der Waals surface area (Å²) in [4.78, 5) is 19.1. The molecule has 132 valence electrons. The zero-order valence-electron chi connectivity index (χ0n) is 14.4. The van der Waals surface area contributed by atoms with Crippen LogP contribution in [0.25, 0.3) is 0 Å². The Bertz CT molecular complexity index is 548. The van der Waals surface area contributed by atoms with Crippen LogP contribution >= 0.6 is 11.6 Å². The number of hydrogen-bond acceptors (Lipinski definition) is 4. The minimum atomic E-state index is 0.124. The van der Waals surface area contributed by atoms with E-state index in [0.717, 1.165) is 31.2 Å². The van der Waals surface area contributed by atoms with E-state index >= 15 is 0 Å². The first-order chi connectivity index (χ1) is 11.5. The average Bonchev–Trinajstić information content (AvgIpc) is 2.55. The zero-order chi connectivity index (χ0) is 17.1. The van der Waals surface area contributed by atoms with Crippen molar-refractivity contribution in [3.63, 3.8) is 0 Å². The molecule has 3 rings (SSSR count). The summed E-state index contributed by atoms with van der Waals surface area (Å²) in [5, 5.41) is 0.761. The van der Waals surface area contributed by atoms with E-state index in [4.69, 9.17) is 16.3 Å². The first kappa shape index (κ1) is 17.5. The average molecular weight is 352 g/mol. The number of piperazine rings is 1. The molecule has 1 amide bonds. The molecular weight excluding hydrogens is 326 g/mol. The van der Waals surface area contributed by atoms with Crippen LogP contribution in [0.5, 0.6) is 0 Å². The molecule has 2 atom stereocenters. The standard InChI is InChI=1S/C18H26ClN3O2/c1-14-11-22(12-15(2)24-14)18(23)13-20-7-9-21(10-8-20)17-5-3-16(19)4-6-17/h3-6,14-15H,7-13H2,1-2H3. The van der Waals surface area contributed by atoms with E-state index in [1.165, 1.54) is 5.69 Å². The molecule has 1 aromatic carbocycles. The first-order valence-electron chi connectivity index (χ1n) is 8.67. The molecular formula is C18H26ClN3O2. The van der Waals surface area contributed by atoms with Crippen LogP contribution < -0.4 is 4.90 Å². The third-order valence-corrected chi connectivity index (χ3v) is 4.95. The molecule has 2 unspecified atom stereocenters. The van der Waals surface area contributed by atoms with E-state index in [2.05, 4.69) is 21.9 Å². The number of carbonyl (C=O) groups is 1. The van der Waals surface area contributed by atoms with Crippen LogP contribution in [0.15, 0.2) is 24.3 Å². The van der Waals surface area contributed by atoms with E-state index in [-0.39, 0.29) is 18.1 Å². The highest BCUT2D eigenvalue weighted by Crippen LogP contribution is 2.19. The van der Waals surface area contributed by atoms with Crippen molar-refractivity contribution in [2.24, 2.45) is 0 Å². The number of carbonyl (C=O) groups excluding carboxylic acids is 1. The van der Waals surface area contributed by atoms with Gasteiger partial charge in [0.05, 0.1) is 18.8 Å². The van der Waals surface area contributed by atoms with Gasteiger partial charge in [-0.2, -0.15) is 0 Å². The number of halogens is 1. The van der Waals surface area contributed by atoms with Gasteiger partial charge in [-0.3, -0.25) is 9.69 Å². The van der Waals surface area contributed by atoms with Gasteiger partial charge in [0, 0.05) is 50.0 Å². The Balaban J connectivity index is 1.48. The van der Waals surface area contributed by atoms with Crippen molar-refractivity contribution >= 4 is 23.2 Å². The van der Waals surface area contributed by atoms with Gasteiger partial charge in [0.15, 0.2) is 0 Å². The van der Waals surface area contributed by atoms with Crippen LogP contribution in [0.2, 0.25) is 5.02 Å². The lowest BCUT2D eigenvalue weighted by Crippen LogP contribution is -2.53. The monoisotopic (exact) mass is 351 g/mol. The molecule has 2 saturated heterocycles. The van der Waals surface area contributed by atoms with Crippen molar-refractivity contribution < 1.29 is 9.53 Å². The Morgan fingerprint density at radius 2 is 1.67 bits per heavy atom. The number of benzene rings is 1. The van der Waals surface area contributed by atoms with Gasteiger partial charge in [-0.15, -0.1) is 0 Å². The van der Waals surface area contributed by atoms with Gasteiger partial charge in [-0.1, -0.05) is 11.6 Å². The number of amides is 1. The lowest BCUT2D eigenvalue weighted by molar-refractivity contribution is -0.144. The summed E-state index contributed by atoms with van der Waals surface area (Å²) in [5.74, 6) is 0.219. The fourth-order valence-electron chi connectivity index (χ4n) is 3.49. The molecule has 0 aliphatic carbocycles. The SMILES string of the molecule is CC1CN(C(=O)CN2CCN(c3ccc(Cl)cc3)CC2)CC(C)O1. The second-order valence-electron chi connectivity index (χ2n) is 6.80. The molecule has 0 saturated carbocycles. The predicted octanol–water partition coefficient (Wildman–Crippen LogP) is 2.10. The highest BCUT2D eigenvalue weighted by molar-refractivity contribution is 6.30. The lowest BCUT2D eigenvalue weighted by Gasteiger charge is -2.39. The van der Waals surface area contributed by atoms with E-state index in [0.29, 0.717) is 19.6 Å². The fourth-order valence-corrected chi connectivity index (χ4v) is 3.61. The number of ether oxygens (including phenoxy) is 1. The summed E-state index contributed by atoms with van der Waals surface area (Å²) in [5.41, 5.74) is 1.20. The molecule has 6 heteroatoms. The van der Waals surface area contributed by atoms with E-state index < -0.39 is 0 Å². The van der Waals surface area contributed by atoms with Gasteiger partial charge in [0.25, 0.3) is 0 Å². The maximum atomic E-state index is 12.5. The number of hydrogen-bond donors (Lipinski definition) is 0. The highest BCUT2D eigenvalue weighted by atomic mass is 35.5. The molecule has 2 aliphatic heterocycles. The summed E-state index contributed by atoms with van der Waals surface area (Å²) in [6.07, 6.45) is 0.249. The minimum absolute atomic E-state index is 0.124. The first-order valence-corrected chi connectivity index (χ1v) is 9.05. The summed E-state index contributed by atoms with van der Waals surface area (Å²) in [7, 11) is 0. The third kappa shape index (κ3) is 4.41. The topological polar surface area (TPSA) is 36.0 Å². The number of anilines is 1. The Morgan fingerprint density at radius 1 is 1.08 bits per heavy atom. The van der Waals surface area contributed by atoms with E-state index in [9.17, 15) is 4.79 Å². The van der Waals surface area contributed by atoms with E-state index in [1.54, 1.807) is 0 Å². The third-order valence-electron chi connectivity index (χ3n) is 4.70. The Morgan fingerprint density at radius 3 is 2.25 bits per heavy atom.